The Kier molecular flexibility index (Phi) is 9.04. The van der Waals surface area contributed by atoms with Gasteiger partial charge in [-0.3, -0.25) is 9.59 Å². The van der Waals surface area contributed by atoms with E-state index in [0.717, 1.165) is 25.7 Å². The summed E-state index contributed by atoms with van der Waals surface area (Å²) in [6.07, 6.45) is 3.80. The molecular weight excluding hydrogens is 492 g/mol. The number of benzene rings is 1. The van der Waals surface area contributed by atoms with Gasteiger partial charge in [-0.25, -0.2) is 9.78 Å². The molecule has 10 heteroatoms. The first-order valence-electron chi connectivity index (χ1n) is 13.0. The number of aromatic nitrogens is 1. The molecule has 4 atom stereocenters. The Balaban J connectivity index is 1.52. The largest absolute Gasteiger partial charge is 0.503 e. The van der Waals surface area contributed by atoms with Crippen molar-refractivity contribution in [2.45, 2.75) is 76.2 Å². The Morgan fingerprint density at radius 2 is 1.79 bits per heavy atom. The number of pyridine rings is 1. The second kappa shape index (κ2) is 12.6. The summed E-state index contributed by atoms with van der Waals surface area (Å²) in [4.78, 5) is 42.9. The molecule has 10 nitrogen and oxygen atoms in total. The van der Waals surface area contributed by atoms with E-state index in [0.29, 0.717) is 18.6 Å². The first kappa shape index (κ1) is 27.2. The van der Waals surface area contributed by atoms with Gasteiger partial charge >= 0.3 is 11.9 Å². The Bertz CT molecular complexity index is 1120. The van der Waals surface area contributed by atoms with E-state index in [4.69, 9.17) is 18.9 Å². The Hall–Kier alpha value is -3.82. The van der Waals surface area contributed by atoms with E-state index in [9.17, 15) is 19.5 Å². The average Bonchev–Trinajstić information content (AvgIpc) is 3.47. The van der Waals surface area contributed by atoms with Gasteiger partial charge in [0, 0.05) is 12.3 Å². The van der Waals surface area contributed by atoms with Crippen LogP contribution in [-0.2, 0) is 19.1 Å². The molecule has 2 N–H and O–H groups in total. The Morgan fingerprint density at radius 1 is 1.05 bits per heavy atom. The van der Waals surface area contributed by atoms with Gasteiger partial charge in [0.05, 0.1) is 13.0 Å². The molecular formula is C28H34N2O8. The zero-order valence-corrected chi connectivity index (χ0v) is 21.6. The van der Waals surface area contributed by atoms with Crippen LogP contribution in [0.2, 0.25) is 0 Å². The number of rotatable bonds is 7. The highest BCUT2D eigenvalue weighted by Gasteiger charge is 2.39. The molecule has 0 spiro atoms. The molecule has 2 aliphatic rings. The van der Waals surface area contributed by atoms with E-state index in [1.165, 1.54) is 19.4 Å². The lowest BCUT2D eigenvalue weighted by Gasteiger charge is -2.31. The van der Waals surface area contributed by atoms with Crippen LogP contribution in [0.4, 0.5) is 0 Å². The number of hydrogen-bond donors (Lipinski definition) is 2. The topological polar surface area (TPSA) is 133 Å². The molecule has 1 saturated carbocycles. The fourth-order valence-electron chi connectivity index (χ4n) is 4.93. The smallest absolute Gasteiger partial charge is 0.329 e. The molecule has 0 bridgehead atoms. The highest BCUT2D eigenvalue weighted by Crippen LogP contribution is 2.30. The van der Waals surface area contributed by atoms with Crippen LogP contribution in [0.3, 0.4) is 0 Å². The molecule has 4 unspecified atom stereocenters. The van der Waals surface area contributed by atoms with Gasteiger partial charge in [-0.15, -0.1) is 0 Å². The standard InChI is InChI=1S/C28H34N2O8/c1-17-25(38-27(33)18-9-6-7-10-18)22(37-19-11-4-3-5-12-19)14-8-13-20(28(34)36-17)30-26(32)23-24(31)21(35-2)15-16-29-23/h3-5,11-12,15-18,20,22,25,31H,6-10,13-14H2,1-2H3,(H,30,32). The third-order valence-electron chi connectivity index (χ3n) is 7.00. The minimum atomic E-state index is -1.00. The van der Waals surface area contributed by atoms with Crippen LogP contribution in [0.5, 0.6) is 17.2 Å². The summed E-state index contributed by atoms with van der Waals surface area (Å²) < 4.78 is 23.0. The number of cyclic esters (lactones) is 1. The predicted octanol–water partition coefficient (Wildman–Crippen LogP) is 3.56. The van der Waals surface area contributed by atoms with Crippen molar-refractivity contribution < 1.29 is 38.4 Å². The number of esters is 2. The molecule has 204 valence electrons. The van der Waals surface area contributed by atoms with Gasteiger partial charge in [-0.2, -0.15) is 0 Å². The zero-order valence-electron chi connectivity index (χ0n) is 21.6. The van der Waals surface area contributed by atoms with Crippen LogP contribution >= 0.6 is 0 Å². The first-order valence-corrected chi connectivity index (χ1v) is 13.0. The van der Waals surface area contributed by atoms with Gasteiger partial charge in [0.25, 0.3) is 5.91 Å². The van der Waals surface area contributed by atoms with Crippen LogP contribution in [0.1, 0.15) is 62.4 Å². The quantitative estimate of drug-likeness (QED) is 0.520. The molecule has 1 aliphatic carbocycles. The van der Waals surface area contributed by atoms with Crippen molar-refractivity contribution in [1.82, 2.24) is 10.3 Å². The van der Waals surface area contributed by atoms with E-state index >= 15 is 0 Å². The summed E-state index contributed by atoms with van der Waals surface area (Å²) in [5, 5.41) is 12.9. The number of aromatic hydroxyl groups is 1. The van der Waals surface area contributed by atoms with Crippen LogP contribution in [0.25, 0.3) is 0 Å². The van der Waals surface area contributed by atoms with E-state index in [-0.39, 0.29) is 29.8 Å². The minimum absolute atomic E-state index is 0.0867. The molecule has 2 heterocycles. The summed E-state index contributed by atoms with van der Waals surface area (Å²) in [7, 11) is 1.36. The van der Waals surface area contributed by atoms with Crippen molar-refractivity contribution >= 4 is 17.8 Å². The second-order valence-corrected chi connectivity index (χ2v) is 9.66. The fraction of sp³-hybridized carbons (Fsp3) is 0.500. The molecule has 0 radical (unpaired) electrons. The summed E-state index contributed by atoms with van der Waals surface area (Å²) in [5.74, 6) is -1.61. The zero-order chi connectivity index (χ0) is 27.1. The number of hydrogen-bond acceptors (Lipinski definition) is 9. The van der Waals surface area contributed by atoms with Crippen LogP contribution in [-0.4, -0.2) is 59.4 Å². The maximum absolute atomic E-state index is 13.1. The maximum Gasteiger partial charge on any atom is 0.329 e. The lowest BCUT2D eigenvalue weighted by Crippen LogP contribution is -2.47. The van der Waals surface area contributed by atoms with Gasteiger partial charge < -0.3 is 29.4 Å². The monoisotopic (exact) mass is 526 g/mol. The number of nitrogens with zero attached hydrogens (tertiary/aromatic N) is 1. The SMILES string of the molecule is COc1ccnc(C(=O)NC2CCCC(Oc3ccccc3)C(OC(=O)C3CCCC3)C(C)OC2=O)c1O. The molecule has 1 aliphatic heterocycles. The van der Waals surface area contributed by atoms with Gasteiger partial charge in [0.15, 0.2) is 23.3 Å². The number of ether oxygens (including phenoxy) is 4. The summed E-state index contributed by atoms with van der Waals surface area (Å²) in [6, 6.07) is 9.62. The average molecular weight is 527 g/mol. The highest BCUT2D eigenvalue weighted by atomic mass is 16.6. The van der Waals surface area contributed by atoms with Gasteiger partial charge in [-0.05, 0) is 51.2 Å². The molecule has 2 fully saturated rings. The Labute approximate surface area is 221 Å². The van der Waals surface area contributed by atoms with Crippen molar-refractivity contribution in [1.29, 1.82) is 0 Å². The van der Waals surface area contributed by atoms with Crippen molar-refractivity contribution in [2.24, 2.45) is 5.92 Å². The number of carbonyl (C=O) groups is 3. The summed E-state index contributed by atoms with van der Waals surface area (Å²) in [5.41, 5.74) is -0.265. The lowest BCUT2D eigenvalue weighted by molar-refractivity contribution is -0.177. The number of nitrogens with one attached hydrogen (secondary N) is 1. The maximum atomic E-state index is 13.1. The van der Waals surface area contributed by atoms with Gasteiger partial charge in [-0.1, -0.05) is 31.0 Å². The second-order valence-electron chi connectivity index (χ2n) is 9.66. The van der Waals surface area contributed by atoms with Gasteiger partial charge in [0.2, 0.25) is 0 Å². The Morgan fingerprint density at radius 3 is 2.50 bits per heavy atom. The molecule has 38 heavy (non-hydrogen) atoms. The van der Waals surface area contributed by atoms with Crippen molar-refractivity contribution in [3.63, 3.8) is 0 Å². The molecule has 1 saturated heterocycles. The van der Waals surface area contributed by atoms with Crippen LogP contribution in [0, 0.1) is 5.92 Å². The lowest BCUT2D eigenvalue weighted by atomic mass is 10.0. The number of para-hydroxylation sites is 1. The van der Waals surface area contributed by atoms with Crippen molar-refractivity contribution in [3.8, 4) is 17.2 Å². The van der Waals surface area contributed by atoms with Gasteiger partial charge in [0.1, 0.15) is 24.0 Å². The molecule has 1 aromatic heterocycles. The summed E-state index contributed by atoms with van der Waals surface area (Å²) in [6.45, 7) is 1.66. The third-order valence-corrected chi connectivity index (χ3v) is 7.00. The molecule has 1 amide bonds. The minimum Gasteiger partial charge on any atom is -0.503 e. The van der Waals surface area contributed by atoms with E-state index < -0.39 is 42.0 Å². The van der Waals surface area contributed by atoms with Crippen molar-refractivity contribution in [3.05, 3.63) is 48.3 Å². The summed E-state index contributed by atoms with van der Waals surface area (Å²) >= 11 is 0. The fourth-order valence-corrected chi connectivity index (χ4v) is 4.93. The third kappa shape index (κ3) is 6.54. The predicted molar refractivity (Wildman–Crippen MR) is 136 cm³/mol. The van der Waals surface area contributed by atoms with Crippen LogP contribution in [0.15, 0.2) is 42.6 Å². The van der Waals surface area contributed by atoms with E-state index in [2.05, 4.69) is 10.3 Å². The van der Waals surface area contributed by atoms with E-state index in [1.807, 2.05) is 30.3 Å². The van der Waals surface area contributed by atoms with E-state index in [1.54, 1.807) is 6.92 Å². The molecule has 2 aromatic rings. The number of amides is 1. The molecule has 4 rings (SSSR count). The first-order chi connectivity index (χ1) is 18.4. The van der Waals surface area contributed by atoms with Crippen molar-refractivity contribution in [2.75, 3.05) is 7.11 Å². The van der Waals surface area contributed by atoms with Crippen LogP contribution < -0.4 is 14.8 Å². The number of methoxy groups -OCH3 is 1. The molecule has 1 aromatic carbocycles. The highest BCUT2D eigenvalue weighted by molar-refractivity contribution is 5.97. The normalized spacial score (nSPS) is 24.3. The number of carbonyl (C=O) groups excluding carboxylic acids is 3.